The quantitative estimate of drug-likeness (QED) is 0.541. The molecular weight excluding hydrogens is 365 g/mol. The first-order valence-electron chi connectivity index (χ1n) is 9.66. The first-order chi connectivity index (χ1) is 13.3. The monoisotopic (exact) mass is 389 g/mol. The molecule has 0 aromatic heterocycles. The lowest BCUT2D eigenvalue weighted by atomic mass is 9.53. The highest BCUT2D eigenvalue weighted by Gasteiger charge is 2.51. The molecule has 5 rings (SSSR count). The smallest absolute Gasteiger partial charge is 0.340 e. The summed E-state index contributed by atoms with van der Waals surface area (Å²) in [5, 5.41) is 5.25. The lowest BCUT2D eigenvalue weighted by Crippen LogP contribution is -2.62. The predicted molar refractivity (Wildman–Crippen MR) is 98.7 cm³/mol. The summed E-state index contributed by atoms with van der Waals surface area (Å²) < 4.78 is 17.9. The lowest BCUT2D eigenvalue weighted by Gasteiger charge is -2.56. The maximum absolute atomic E-state index is 13.0. The number of rotatable bonds is 4. The normalized spacial score (nSPS) is 30.0. The van der Waals surface area contributed by atoms with Gasteiger partial charge in [0, 0.05) is 11.2 Å². The molecule has 0 spiro atoms. The Morgan fingerprint density at radius 2 is 1.71 bits per heavy atom. The van der Waals surface area contributed by atoms with Crippen molar-refractivity contribution < 1.29 is 23.5 Å². The number of halogens is 1. The first kappa shape index (κ1) is 18.7. The minimum Gasteiger partial charge on any atom is -0.452 e. The summed E-state index contributed by atoms with van der Waals surface area (Å²) >= 11 is 0. The molecule has 7 nitrogen and oxygen atoms in total. The number of nitrogen functional groups attached to an aromatic ring is 1. The highest BCUT2D eigenvalue weighted by Crippen LogP contribution is 2.55. The number of anilines is 1. The van der Waals surface area contributed by atoms with Crippen LogP contribution in [0.4, 0.5) is 14.9 Å². The predicted octanol–water partition coefficient (Wildman–Crippen LogP) is 2.36. The minimum absolute atomic E-state index is 0.0350. The summed E-state index contributed by atoms with van der Waals surface area (Å²) in [6, 6.07) is 2.70. The Kier molecular flexibility index (Phi) is 4.72. The van der Waals surface area contributed by atoms with Gasteiger partial charge in [-0.3, -0.25) is 10.1 Å². The Morgan fingerprint density at radius 1 is 1.11 bits per heavy atom. The Bertz CT molecular complexity index is 790. The van der Waals surface area contributed by atoms with Gasteiger partial charge in [0.1, 0.15) is 5.82 Å². The molecule has 0 unspecified atom stereocenters. The second-order valence-electron chi connectivity index (χ2n) is 8.51. The maximum Gasteiger partial charge on any atom is 0.340 e. The first-order valence-corrected chi connectivity index (χ1v) is 9.66. The third kappa shape index (κ3) is 3.81. The topological polar surface area (TPSA) is 111 Å². The third-order valence-corrected chi connectivity index (χ3v) is 6.24. The van der Waals surface area contributed by atoms with Gasteiger partial charge in [-0.05, 0) is 74.5 Å². The van der Waals surface area contributed by atoms with E-state index in [1.54, 1.807) is 0 Å². The molecule has 150 valence electrons. The van der Waals surface area contributed by atoms with Crippen molar-refractivity contribution in [3.05, 3.63) is 29.6 Å². The Hall–Kier alpha value is -2.64. The van der Waals surface area contributed by atoms with E-state index in [0.29, 0.717) is 17.8 Å². The highest BCUT2D eigenvalue weighted by molar-refractivity contribution is 5.98. The van der Waals surface area contributed by atoms with Crippen LogP contribution in [-0.4, -0.2) is 30.1 Å². The van der Waals surface area contributed by atoms with Crippen LogP contribution >= 0.6 is 0 Å². The van der Waals surface area contributed by atoms with Crippen molar-refractivity contribution in [3.8, 4) is 0 Å². The molecule has 4 N–H and O–H groups in total. The number of urea groups is 1. The molecule has 4 aliphatic carbocycles. The Labute approximate surface area is 162 Å². The largest absolute Gasteiger partial charge is 0.452 e. The van der Waals surface area contributed by atoms with Gasteiger partial charge < -0.3 is 15.8 Å². The zero-order valence-corrected chi connectivity index (χ0v) is 15.5. The Balaban J connectivity index is 1.27. The number of hydrogen-bond acceptors (Lipinski definition) is 5. The van der Waals surface area contributed by atoms with Gasteiger partial charge in [0.2, 0.25) is 0 Å². The fourth-order valence-electron chi connectivity index (χ4n) is 5.63. The minimum atomic E-state index is -0.853. The molecule has 0 atom stereocenters. The molecule has 4 bridgehead atoms. The number of nitrogens with one attached hydrogen (secondary N) is 2. The number of ether oxygens (including phenoxy) is 1. The van der Waals surface area contributed by atoms with E-state index in [0.717, 1.165) is 31.4 Å². The van der Waals surface area contributed by atoms with Gasteiger partial charge in [-0.2, -0.15) is 0 Å². The molecule has 0 aliphatic heterocycles. The van der Waals surface area contributed by atoms with Gasteiger partial charge in [0.05, 0.1) is 5.56 Å². The summed E-state index contributed by atoms with van der Waals surface area (Å²) in [6.07, 6.45) is 6.68. The van der Waals surface area contributed by atoms with Crippen LogP contribution in [0.2, 0.25) is 0 Å². The van der Waals surface area contributed by atoms with E-state index in [2.05, 4.69) is 10.6 Å². The molecule has 0 saturated heterocycles. The second kappa shape index (κ2) is 7.07. The molecule has 8 heteroatoms. The van der Waals surface area contributed by atoms with E-state index in [9.17, 15) is 18.8 Å². The van der Waals surface area contributed by atoms with E-state index >= 15 is 0 Å². The molecule has 0 heterocycles. The van der Waals surface area contributed by atoms with Crippen LogP contribution in [0.25, 0.3) is 0 Å². The summed E-state index contributed by atoms with van der Waals surface area (Å²) in [6.45, 7) is -0.621. The summed E-state index contributed by atoms with van der Waals surface area (Å²) in [5.41, 5.74) is 5.25. The number of carbonyl (C=O) groups excluding carboxylic acids is 3. The van der Waals surface area contributed by atoms with Crippen molar-refractivity contribution in [2.45, 2.75) is 44.1 Å². The van der Waals surface area contributed by atoms with Crippen LogP contribution in [-0.2, 0) is 9.53 Å². The summed E-state index contributed by atoms with van der Waals surface area (Å²) in [7, 11) is 0. The van der Waals surface area contributed by atoms with Crippen LogP contribution in [0.5, 0.6) is 0 Å². The summed E-state index contributed by atoms with van der Waals surface area (Å²) in [4.78, 5) is 36.2. The van der Waals surface area contributed by atoms with Crippen molar-refractivity contribution in [3.63, 3.8) is 0 Å². The average molecular weight is 389 g/mol. The van der Waals surface area contributed by atoms with Crippen LogP contribution in [0.15, 0.2) is 18.2 Å². The number of amides is 3. The zero-order chi connectivity index (χ0) is 19.9. The van der Waals surface area contributed by atoms with Crippen LogP contribution < -0.4 is 16.4 Å². The van der Waals surface area contributed by atoms with E-state index in [4.69, 9.17) is 10.5 Å². The van der Waals surface area contributed by atoms with Crippen molar-refractivity contribution in [1.82, 2.24) is 10.6 Å². The number of nitrogens with two attached hydrogens (primary N) is 1. The number of hydrogen-bond donors (Lipinski definition) is 3. The van der Waals surface area contributed by atoms with E-state index in [-0.39, 0.29) is 16.8 Å². The van der Waals surface area contributed by atoms with E-state index in [1.165, 1.54) is 25.3 Å². The van der Waals surface area contributed by atoms with Gasteiger partial charge in [-0.25, -0.2) is 14.0 Å². The molecule has 1 aromatic rings. The molecule has 28 heavy (non-hydrogen) atoms. The maximum atomic E-state index is 13.0. The van der Waals surface area contributed by atoms with Crippen molar-refractivity contribution in [2.24, 2.45) is 17.8 Å². The second-order valence-corrected chi connectivity index (χ2v) is 8.51. The van der Waals surface area contributed by atoms with Crippen molar-refractivity contribution in [2.75, 3.05) is 12.3 Å². The standard InChI is InChI=1S/C20H24FN3O4/c21-14-1-2-15(16(22)6-14)18(26)28-10-17(25)23-19(27)24-20-7-11-3-12(8-20)5-13(4-11)9-20/h1-2,6,11-13H,3-5,7-10,22H2,(H2,23,24,25,27). The molecule has 1 aromatic carbocycles. The molecule has 4 saturated carbocycles. The van der Waals surface area contributed by atoms with Crippen LogP contribution in [0.1, 0.15) is 48.9 Å². The van der Waals surface area contributed by atoms with Crippen molar-refractivity contribution in [1.29, 1.82) is 0 Å². The number of benzene rings is 1. The average Bonchev–Trinajstić information content (AvgIpc) is 2.57. The van der Waals surface area contributed by atoms with Gasteiger partial charge in [0.25, 0.3) is 5.91 Å². The van der Waals surface area contributed by atoms with Gasteiger partial charge in [0.15, 0.2) is 6.61 Å². The highest BCUT2D eigenvalue weighted by atomic mass is 19.1. The molecular formula is C20H24FN3O4. The van der Waals surface area contributed by atoms with Gasteiger partial charge in [-0.15, -0.1) is 0 Å². The SMILES string of the molecule is Nc1cc(F)ccc1C(=O)OCC(=O)NC(=O)NC12CC3CC(CC(C3)C1)C2. The molecule has 0 radical (unpaired) electrons. The third-order valence-electron chi connectivity index (χ3n) is 6.24. The van der Waals surface area contributed by atoms with Crippen LogP contribution in [0, 0.1) is 23.6 Å². The van der Waals surface area contributed by atoms with Crippen molar-refractivity contribution >= 4 is 23.6 Å². The number of carbonyl (C=O) groups is 3. The Morgan fingerprint density at radius 3 is 2.29 bits per heavy atom. The summed E-state index contributed by atoms with van der Waals surface area (Å²) in [5.74, 6) is -0.142. The lowest BCUT2D eigenvalue weighted by molar-refractivity contribution is -0.123. The zero-order valence-electron chi connectivity index (χ0n) is 15.5. The molecule has 3 amide bonds. The molecule has 4 aliphatic rings. The molecule has 4 fully saturated rings. The van der Waals surface area contributed by atoms with Gasteiger partial charge >= 0.3 is 12.0 Å². The number of esters is 1. The van der Waals surface area contributed by atoms with Gasteiger partial charge in [-0.1, -0.05) is 0 Å². The fraction of sp³-hybridized carbons (Fsp3) is 0.550. The number of imide groups is 1. The van der Waals surface area contributed by atoms with E-state index < -0.39 is 30.3 Å². The fourth-order valence-corrected chi connectivity index (χ4v) is 5.63. The van der Waals surface area contributed by atoms with Crippen LogP contribution in [0.3, 0.4) is 0 Å². The van der Waals surface area contributed by atoms with E-state index in [1.807, 2.05) is 0 Å².